The molecule has 1 aliphatic heterocycles. The lowest BCUT2D eigenvalue weighted by Crippen LogP contribution is -2.49. The average molecular weight is 498 g/mol. The topological polar surface area (TPSA) is 86.8 Å². The molecular formula is C27H32ClN3O4. The van der Waals surface area contributed by atoms with Crippen molar-refractivity contribution in [3.8, 4) is 0 Å². The van der Waals surface area contributed by atoms with Gasteiger partial charge in [0.1, 0.15) is 6.04 Å². The van der Waals surface area contributed by atoms with Crippen LogP contribution in [0.25, 0.3) is 0 Å². The van der Waals surface area contributed by atoms with Crippen LogP contribution in [-0.4, -0.2) is 52.6 Å². The van der Waals surface area contributed by atoms with E-state index < -0.39 is 6.04 Å². The third-order valence-electron chi connectivity index (χ3n) is 6.16. The molecule has 0 spiro atoms. The minimum Gasteiger partial charge on any atom is -0.354 e. The Morgan fingerprint density at radius 1 is 0.971 bits per heavy atom. The number of nitrogens with zero attached hydrogens (tertiary/aromatic N) is 2. The minimum atomic E-state index is -0.644. The van der Waals surface area contributed by atoms with Crippen LogP contribution < -0.4 is 5.32 Å². The number of hydrogen-bond donors (Lipinski definition) is 1. The first-order valence-corrected chi connectivity index (χ1v) is 12.5. The predicted octanol–water partition coefficient (Wildman–Crippen LogP) is 4.44. The van der Waals surface area contributed by atoms with Crippen LogP contribution in [-0.2, 0) is 16.1 Å². The van der Waals surface area contributed by atoms with Crippen molar-refractivity contribution >= 4 is 35.2 Å². The molecule has 0 bridgehead atoms. The summed E-state index contributed by atoms with van der Waals surface area (Å²) in [6.45, 7) is 4.81. The van der Waals surface area contributed by atoms with E-state index in [-0.39, 0.29) is 43.1 Å². The fourth-order valence-electron chi connectivity index (χ4n) is 4.21. The zero-order valence-electron chi connectivity index (χ0n) is 20.3. The summed E-state index contributed by atoms with van der Waals surface area (Å²) in [6, 6.07) is 13.3. The lowest BCUT2D eigenvalue weighted by Gasteiger charge is -2.31. The number of benzene rings is 2. The zero-order chi connectivity index (χ0) is 25.4. The Morgan fingerprint density at radius 3 is 2.20 bits per heavy atom. The standard InChI is InChI=1S/C27H32ClN3O4/c1-3-5-16-29-25(33)23(4-2)31(18-19-11-6-9-14-22(19)28)24(32)15-10-17-30-26(34)20-12-7-8-13-21(20)27(30)35/h6-9,11-14,23H,3-5,10,15-18H2,1-2H3,(H,29,33)/t23-/m1/s1. The van der Waals surface area contributed by atoms with Crippen LogP contribution in [0, 0.1) is 0 Å². The Kier molecular flexibility index (Phi) is 9.43. The van der Waals surface area contributed by atoms with Gasteiger partial charge in [0, 0.05) is 31.1 Å². The third kappa shape index (κ3) is 6.28. The number of amides is 4. The van der Waals surface area contributed by atoms with E-state index in [4.69, 9.17) is 11.6 Å². The molecule has 1 N–H and O–H groups in total. The van der Waals surface area contributed by atoms with Crippen molar-refractivity contribution < 1.29 is 19.2 Å². The van der Waals surface area contributed by atoms with E-state index in [0.717, 1.165) is 18.4 Å². The van der Waals surface area contributed by atoms with Gasteiger partial charge < -0.3 is 10.2 Å². The van der Waals surface area contributed by atoms with Gasteiger partial charge in [-0.05, 0) is 43.0 Å². The van der Waals surface area contributed by atoms with Crippen molar-refractivity contribution in [3.63, 3.8) is 0 Å². The second-order valence-electron chi connectivity index (χ2n) is 8.59. The molecule has 0 saturated heterocycles. The second-order valence-corrected chi connectivity index (χ2v) is 9.00. The summed E-state index contributed by atoms with van der Waals surface area (Å²) in [4.78, 5) is 54.3. The Hall–Kier alpha value is -3.19. The van der Waals surface area contributed by atoms with Crippen LogP contribution in [0.2, 0.25) is 5.02 Å². The van der Waals surface area contributed by atoms with Gasteiger partial charge in [0.05, 0.1) is 11.1 Å². The molecule has 186 valence electrons. The van der Waals surface area contributed by atoms with Gasteiger partial charge in [-0.25, -0.2) is 0 Å². The molecule has 0 fully saturated rings. The van der Waals surface area contributed by atoms with Gasteiger partial charge in [0.2, 0.25) is 11.8 Å². The summed E-state index contributed by atoms with van der Waals surface area (Å²) in [5.74, 6) is -1.10. The van der Waals surface area contributed by atoms with Crippen LogP contribution in [0.4, 0.5) is 0 Å². The molecule has 4 amide bonds. The summed E-state index contributed by atoms with van der Waals surface area (Å²) in [6.07, 6.45) is 2.67. The molecule has 7 nitrogen and oxygen atoms in total. The van der Waals surface area contributed by atoms with Crippen LogP contribution in [0.15, 0.2) is 48.5 Å². The summed E-state index contributed by atoms with van der Waals surface area (Å²) >= 11 is 6.35. The van der Waals surface area contributed by atoms with Crippen molar-refractivity contribution in [3.05, 3.63) is 70.2 Å². The highest BCUT2D eigenvalue weighted by atomic mass is 35.5. The molecule has 0 saturated carbocycles. The Labute approximate surface area is 211 Å². The third-order valence-corrected chi connectivity index (χ3v) is 6.53. The molecule has 0 radical (unpaired) electrons. The molecule has 1 aliphatic rings. The quantitative estimate of drug-likeness (QED) is 0.347. The van der Waals surface area contributed by atoms with E-state index in [1.165, 1.54) is 4.90 Å². The summed E-state index contributed by atoms with van der Waals surface area (Å²) in [5.41, 5.74) is 1.53. The number of halogens is 1. The predicted molar refractivity (Wildman–Crippen MR) is 135 cm³/mol. The number of unbranched alkanes of at least 4 members (excludes halogenated alkanes) is 1. The molecule has 2 aromatic carbocycles. The van der Waals surface area contributed by atoms with Gasteiger partial charge in [-0.15, -0.1) is 0 Å². The smallest absolute Gasteiger partial charge is 0.261 e. The van der Waals surface area contributed by atoms with E-state index in [1.807, 2.05) is 32.0 Å². The van der Waals surface area contributed by atoms with Crippen LogP contribution in [0.3, 0.4) is 0 Å². The van der Waals surface area contributed by atoms with E-state index in [2.05, 4.69) is 5.32 Å². The Morgan fingerprint density at radius 2 is 1.60 bits per heavy atom. The normalized spacial score (nSPS) is 13.5. The minimum absolute atomic E-state index is 0.0938. The van der Waals surface area contributed by atoms with Gasteiger partial charge in [0.15, 0.2) is 0 Å². The highest BCUT2D eigenvalue weighted by Crippen LogP contribution is 2.24. The summed E-state index contributed by atoms with van der Waals surface area (Å²) in [5, 5.41) is 3.46. The van der Waals surface area contributed by atoms with Crippen LogP contribution in [0.1, 0.15) is 72.2 Å². The van der Waals surface area contributed by atoms with Crippen LogP contribution in [0.5, 0.6) is 0 Å². The molecule has 3 rings (SSSR count). The maximum Gasteiger partial charge on any atom is 0.261 e. The molecule has 1 heterocycles. The number of carbonyl (C=O) groups excluding carboxylic acids is 4. The number of fused-ring (bicyclic) bond motifs is 1. The van der Waals surface area contributed by atoms with E-state index >= 15 is 0 Å². The van der Waals surface area contributed by atoms with E-state index in [0.29, 0.717) is 35.5 Å². The highest BCUT2D eigenvalue weighted by molar-refractivity contribution is 6.31. The van der Waals surface area contributed by atoms with Gasteiger partial charge in [-0.1, -0.05) is 62.2 Å². The molecule has 0 aliphatic carbocycles. The second kappa shape index (κ2) is 12.5. The van der Waals surface area contributed by atoms with Crippen LogP contribution >= 0.6 is 11.6 Å². The first-order chi connectivity index (χ1) is 16.9. The number of rotatable bonds is 12. The lowest BCUT2D eigenvalue weighted by molar-refractivity contribution is -0.141. The fourth-order valence-corrected chi connectivity index (χ4v) is 4.41. The molecule has 8 heteroatoms. The van der Waals surface area contributed by atoms with E-state index in [1.54, 1.807) is 35.2 Å². The molecule has 35 heavy (non-hydrogen) atoms. The maximum atomic E-state index is 13.4. The maximum absolute atomic E-state index is 13.4. The van der Waals surface area contributed by atoms with Gasteiger partial charge in [0.25, 0.3) is 11.8 Å². The van der Waals surface area contributed by atoms with Crippen molar-refractivity contribution in [2.24, 2.45) is 0 Å². The molecule has 1 atom stereocenters. The number of carbonyl (C=O) groups is 4. The van der Waals surface area contributed by atoms with Crippen molar-refractivity contribution in [1.29, 1.82) is 0 Å². The largest absolute Gasteiger partial charge is 0.354 e. The molecule has 0 unspecified atom stereocenters. The lowest BCUT2D eigenvalue weighted by atomic mass is 10.1. The van der Waals surface area contributed by atoms with Gasteiger partial charge in [-0.3, -0.25) is 24.1 Å². The fraction of sp³-hybridized carbons (Fsp3) is 0.407. The SMILES string of the molecule is CCCCNC(=O)[C@@H](CC)N(Cc1ccccc1Cl)C(=O)CCCN1C(=O)c2ccccc2C1=O. The molecule has 2 aromatic rings. The van der Waals surface area contributed by atoms with Crippen molar-refractivity contribution in [1.82, 2.24) is 15.1 Å². The van der Waals surface area contributed by atoms with Crippen molar-refractivity contribution in [2.45, 2.75) is 58.5 Å². The number of nitrogens with one attached hydrogen (secondary N) is 1. The Bertz CT molecular complexity index is 1050. The molecule has 0 aromatic heterocycles. The summed E-state index contributed by atoms with van der Waals surface area (Å²) in [7, 11) is 0. The average Bonchev–Trinajstić information content (AvgIpc) is 3.10. The first-order valence-electron chi connectivity index (χ1n) is 12.1. The van der Waals surface area contributed by atoms with E-state index in [9.17, 15) is 19.2 Å². The monoisotopic (exact) mass is 497 g/mol. The van der Waals surface area contributed by atoms with Gasteiger partial charge in [-0.2, -0.15) is 0 Å². The Balaban J connectivity index is 1.70. The number of imide groups is 1. The van der Waals surface area contributed by atoms with Gasteiger partial charge >= 0.3 is 0 Å². The summed E-state index contributed by atoms with van der Waals surface area (Å²) < 4.78 is 0. The zero-order valence-corrected chi connectivity index (χ0v) is 21.0. The molecular weight excluding hydrogens is 466 g/mol. The first kappa shape index (κ1) is 26.4. The number of hydrogen-bond acceptors (Lipinski definition) is 4. The highest BCUT2D eigenvalue weighted by Gasteiger charge is 2.35. The van der Waals surface area contributed by atoms with Crippen molar-refractivity contribution in [2.75, 3.05) is 13.1 Å².